The highest BCUT2D eigenvalue weighted by atomic mass is 16.2. The number of carbonyl (C=O) groups is 1. The molecule has 0 spiro atoms. The molecular formula is C19H29N3O. The molecule has 0 N–H and O–H groups in total. The molecule has 0 bridgehead atoms. The van der Waals surface area contributed by atoms with Gasteiger partial charge in [-0.05, 0) is 31.5 Å². The fourth-order valence-electron chi connectivity index (χ4n) is 4.09. The van der Waals surface area contributed by atoms with Crippen LogP contribution in [-0.4, -0.2) is 61.0 Å². The van der Waals surface area contributed by atoms with Crippen LogP contribution in [-0.2, 0) is 4.79 Å². The molecule has 0 aliphatic carbocycles. The number of nitrogens with zero attached hydrogens (tertiary/aromatic N) is 3. The van der Waals surface area contributed by atoms with E-state index in [0.29, 0.717) is 11.8 Å². The Balaban J connectivity index is 1.68. The first-order chi connectivity index (χ1) is 11.2. The van der Waals surface area contributed by atoms with Gasteiger partial charge in [0.2, 0.25) is 5.91 Å². The number of amides is 1. The summed E-state index contributed by atoms with van der Waals surface area (Å²) in [5.41, 5.74) is 2.81. The molecule has 4 heteroatoms. The standard InChI is InChI=1S/C19H29N3O/c1-4-20-12-13-21(5-2)19(23)18(20)10-11-22-14-15(3)16-8-6-7-9-17(16)22/h6-9,15,18H,4-5,10-14H2,1-3H3. The van der Waals surface area contributed by atoms with E-state index < -0.39 is 0 Å². The lowest BCUT2D eigenvalue weighted by Gasteiger charge is -2.40. The number of carbonyl (C=O) groups excluding carboxylic acids is 1. The van der Waals surface area contributed by atoms with E-state index in [0.717, 1.165) is 45.7 Å². The highest BCUT2D eigenvalue weighted by molar-refractivity contribution is 5.82. The predicted molar refractivity (Wildman–Crippen MR) is 95.0 cm³/mol. The molecule has 1 fully saturated rings. The molecule has 4 nitrogen and oxygen atoms in total. The van der Waals surface area contributed by atoms with Crippen LogP contribution in [0.15, 0.2) is 24.3 Å². The van der Waals surface area contributed by atoms with Crippen molar-refractivity contribution in [2.75, 3.05) is 44.2 Å². The number of hydrogen-bond donors (Lipinski definition) is 0. The minimum Gasteiger partial charge on any atom is -0.371 e. The third-order valence-electron chi connectivity index (χ3n) is 5.46. The number of likely N-dealkylation sites (N-methyl/N-ethyl adjacent to an activating group) is 2. The monoisotopic (exact) mass is 315 g/mol. The third-order valence-corrected chi connectivity index (χ3v) is 5.46. The molecule has 2 aliphatic heterocycles. The summed E-state index contributed by atoms with van der Waals surface area (Å²) < 4.78 is 0. The molecule has 1 aromatic carbocycles. The van der Waals surface area contributed by atoms with E-state index in [4.69, 9.17) is 0 Å². The van der Waals surface area contributed by atoms with Crippen molar-refractivity contribution in [1.82, 2.24) is 9.80 Å². The van der Waals surface area contributed by atoms with Crippen LogP contribution in [0.2, 0.25) is 0 Å². The molecule has 2 heterocycles. The van der Waals surface area contributed by atoms with Gasteiger partial charge in [-0.3, -0.25) is 9.69 Å². The van der Waals surface area contributed by atoms with Crippen LogP contribution < -0.4 is 4.90 Å². The number of para-hydroxylation sites is 1. The van der Waals surface area contributed by atoms with Crippen molar-refractivity contribution in [2.24, 2.45) is 0 Å². The Labute approximate surface area is 140 Å². The maximum absolute atomic E-state index is 12.7. The summed E-state index contributed by atoms with van der Waals surface area (Å²) in [6, 6.07) is 8.76. The van der Waals surface area contributed by atoms with Gasteiger partial charge in [-0.2, -0.15) is 0 Å². The lowest BCUT2D eigenvalue weighted by atomic mass is 10.0. The second-order valence-electron chi connectivity index (χ2n) is 6.76. The smallest absolute Gasteiger partial charge is 0.240 e. The van der Waals surface area contributed by atoms with Crippen molar-refractivity contribution in [3.63, 3.8) is 0 Å². The van der Waals surface area contributed by atoms with E-state index in [1.165, 1.54) is 11.3 Å². The van der Waals surface area contributed by atoms with E-state index in [2.05, 4.69) is 54.8 Å². The second-order valence-corrected chi connectivity index (χ2v) is 6.76. The van der Waals surface area contributed by atoms with Gasteiger partial charge >= 0.3 is 0 Å². The predicted octanol–water partition coefficient (Wildman–Crippen LogP) is 2.55. The Morgan fingerprint density at radius 3 is 2.61 bits per heavy atom. The van der Waals surface area contributed by atoms with Gasteiger partial charge in [0, 0.05) is 44.3 Å². The highest BCUT2D eigenvalue weighted by Crippen LogP contribution is 2.35. The molecule has 1 saturated heterocycles. The van der Waals surface area contributed by atoms with Crippen LogP contribution in [0.1, 0.15) is 38.7 Å². The van der Waals surface area contributed by atoms with E-state index >= 15 is 0 Å². The van der Waals surface area contributed by atoms with Crippen molar-refractivity contribution in [1.29, 1.82) is 0 Å². The zero-order chi connectivity index (χ0) is 16.4. The lowest BCUT2D eigenvalue weighted by molar-refractivity contribution is -0.141. The normalized spacial score (nSPS) is 25.1. The van der Waals surface area contributed by atoms with Crippen LogP contribution in [0.5, 0.6) is 0 Å². The van der Waals surface area contributed by atoms with E-state index in [1.807, 2.05) is 4.90 Å². The summed E-state index contributed by atoms with van der Waals surface area (Å²) in [4.78, 5) is 19.5. The van der Waals surface area contributed by atoms with Gasteiger partial charge in [-0.15, -0.1) is 0 Å². The molecule has 2 aliphatic rings. The maximum atomic E-state index is 12.7. The summed E-state index contributed by atoms with van der Waals surface area (Å²) in [6.07, 6.45) is 0.921. The summed E-state index contributed by atoms with van der Waals surface area (Å²) in [7, 11) is 0. The first-order valence-corrected chi connectivity index (χ1v) is 9.02. The number of fused-ring (bicyclic) bond motifs is 1. The molecule has 3 rings (SSSR count). The zero-order valence-corrected chi connectivity index (χ0v) is 14.7. The van der Waals surface area contributed by atoms with Gasteiger partial charge < -0.3 is 9.80 Å². The molecule has 23 heavy (non-hydrogen) atoms. The summed E-state index contributed by atoms with van der Waals surface area (Å²) >= 11 is 0. The number of anilines is 1. The van der Waals surface area contributed by atoms with Gasteiger partial charge in [0.25, 0.3) is 0 Å². The van der Waals surface area contributed by atoms with Crippen molar-refractivity contribution >= 4 is 11.6 Å². The van der Waals surface area contributed by atoms with Crippen LogP contribution in [0.4, 0.5) is 5.69 Å². The molecule has 0 aromatic heterocycles. The Kier molecular flexibility index (Phi) is 4.90. The SMILES string of the molecule is CCN1CCN(CC)C(CCN2CC(C)c3ccccc32)C1=O. The minimum atomic E-state index is 0.0526. The molecule has 0 radical (unpaired) electrons. The quantitative estimate of drug-likeness (QED) is 0.835. The van der Waals surface area contributed by atoms with Gasteiger partial charge in [0.05, 0.1) is 6.04 Å². The van der Waals surface area contributed by atoms with Gasteiger partial charge in [0.15, 0.2) is 0 Å². The van der Waals surface area contributed by atoms with Gasteiger partial charge in [0.1, 0.15) is 0 Å². The minimum absolute atomic E-state index is 0.0526. The molecule has 2 atom stereocenters. The average molecular weight is 315 g/mol. The first kappa shape index (κ1) is 16.3. The van der Waals surface area contributed by atoms with Crippen LogP contribution in [0, 0.1) is 0 Å². The lowest BCUT2D eigenvalue weighted by Crippen LogP contribution is -2.57. The fourth-order valence-corrected chi connectivity index (χ4v) is 4.09. The second kappa shape index (κ2) is 6.91. The molecular weight excluding hydrogens is 286 g/mol. The summed E-state index contributed by atoms with van der Waals surface area (Å²) in [5.74, 6) is 0.906. The first-order valence-electron chi connectivity index (χ1n) is 9.02. The average Bonchev–Trinajstić information content (AvgIpc) is 2.90. The Bertz CT molecular complexity index is 559. The topological polar surface area (TPSA) is 26.8 Å². The molecule has 1 amide bonds. The molecule has 0 saturated carbocycles. The van der Waals surface area contributed by atoms with Crippen LogP contribution in [0.3, 0.4) is 0 Å². The number of benzene rings is 1. The summed E-state index contributed by atoms with van der Waals surface area (Å²) in [5, 5.41) is 0. The number of piperazine rings is 1. The van der Waals surface area contributed by atoms with E-state index in [9.17, 15) is 4.79 Å². The van der Waals surface area contributed by atoms with Gasteiger partial charge in [-0.25, -0.2) is 0 Å². The van der Waals surface area contributed by atoms with E-state index in [-0.39, 0.29) is 6.04 Å². The van der Waals surface area contributed by atoms with E-state index in [1.54, 1.807) is 0 Å². The Morgan fingerprint density at radius 1 is 1.09 bits per heavy atom. The zero-order valence-electron chi connectivity index (χ0n) is 14.7. The maximum Gasteiger partial charge on any atom is 0.240 e. The Morgan fingerprint density at radius 2 is 1.87 bits per heavy atom. The Hall–Kier alpha value is -1.55. The van der Waals surface area contributed by atoms with Crippen LogP contribution in [0.25, 0.3) is 0 Å². The van der Waals surface area contributed by atoms with Crippen molar-refractivity contribution < 1.29 is 4.79 Å². The number of rotatable bonds is 5. The highest BCUT2D eigenvalue weighted by Gasteiger charge is 2.34. The van der Waals surface area contributed by atoms with Crippen molar-refractivity contribution in [3.05, 3.63) is 29.8 Å². The molecule has 2 unspecified atom stereocenters. The molecule has 1 aromatic rings. The van der Waals surface area contributed by atoms with Crippen molar-refractivity contribution in [3.8, 4) is 0 Å². The van der Waals surface area contributed by atoms with Crippen molar-refractivity contribution in [2.45, 2.75) is 39.2 Å². The largest absolute Gasteiger partial charge is 0.371 e. The number of hydrogen-bond acceptors (Lipinski definition) is 3. The summed E-state index contributed by atoms with van der Waals surface area (Å²) in [6.45, 7) is 12.2. The van der Waals surface area contributed by atoms with Crippen LogP contribution >= 0.6 is 0 Å². The third kappa shape index (κ3) is 3.09. The molecule has 126 valence electrons. The van der Waals surface area contributed by atoms with Gasteiger partial charge in [-0.1, -0.05) is 32.0 Å². The fraction of sp³-hybridized carbons (Fsp3) is 0.632.